The summed E-state index contributed by atoms with van der Waals surface area (Å²) in [7, 11) is 0. The highest BCUT2D eigenvalue weighted by atomic mass is 127. The van der Waals surface area contributed by atoms with Gasteiger partial charge < -0.3 is 5.32 Å². The van der Waals surface area contributed by atoms with Gasteiger partial charge in [-0.15, -0.1) is 11.3 Å². The number of nitrogens with zero attached hydrogens (tertiary/aromatic N) is 1. The van der Waals surface area contributed by atoms with Crippen molar-refractivity contribution in [3.63, 3.8) is 0 Å². The molecule has 2 aromatic carbocycles. The second-order valence-corrected chi connectivity index (χ2v) is 6.94. The molecular formula is C15H11FIN3O2S. The van der Waals surface area contributed by atoms with Crippen molar-refractivity contribution in [1.29, 1.82) is 0 Å². The van der Waals surface area contributed by atoms with Gasteiger partial charge in [0.25, 0.3) is 5.91 Å². The van der Waals surface area contributed by atoms with E-state index in [9.17, 15) is 9.18 Å². The molecule has 0 fully saturated rings. The van der Waals surface area contributed by atoms with Crippen LogP contribution in [0.1, 0.15) is 15.9 Å². The van der Waals surface area contributed by atoms with Gasteiger partial charge in [-0.2, -0.15) is 0 Å². The predicted octanol–water partition coefficient (Wildman–Crippen LogP) is 4.21. The van der Waals surface area contributed by atoms with E-state index in [1.165, 1.54) is 11.6 Å². The van der Waals surface area contributed by atoms with Crippen molar-refractivity contribution >= 4 is 61.4 Å². The molecule has 0 bridgehead atoms. The van der Waals surface area contributed by atoms with Gasteiger partial charge in [0.15, 0.2) is 5.82 Å². The van der Waals surface area contributed by atoms with Crippen LogP contribution < -0.4 is 10.8 Å². The first kappa shape index (κ1) is 16.1. The highest BCUT2D eigenvalue weighted by Gasteiger charge is 2.20. The highest BCUT2D eigenvalue weighted by Crippen LogP contribution is 2.33. The van der Waals surface area contributed by atoms with Crippen molar-refractivity contribution in [2.24, 2.45) is 0 Å². The van der Waals surface area contributed by atoms with Crippen LogP contribution in [0, 0.1) is 16.3 Å². The monoisotopic (exact) mass is 443 g/mol. The molecule has 0 aliphatic heterocycles. The number of hydrogen-bond donors (Lipinski definition) is 3. The Bertz CT molecular complexity index is 913. The molecule has 23 heavy (non-hydrogen) atoms. The molecule has 1 amide bonds. The number of aromatic nitrogens is 1. The van der Waals surface area contributed by atoms with Crippen LogP contribution >= 0.6 is 33.9 Å². The Hall–Kier alpha value is -1.78. The minimum Gasteiger partial charge on any atom is -0.352 e. The molecule has 3 aromatic rings. The van der Waals surface area contributed by atoms with Gasteiger partial charge in [0.1, 0.15) is 0 Å². The molecule has 0 aliphatic rings. The summed E-state index contributed by atoms with van der Waals surface area (Å²) in [5, 5.41) is 11.9. The molecule has 1 heterocycles. The predicted molar refractivity (Wildman–Crippen MR) is 96.0 cm³/mol. The van der Waals surface area contributed by atoms with Gasteiger partial charge in [-0.25, -0.2) is 14.9 Å². The summed E-state index contributed by atoms with van der Waals surface area (Å²) in [4.78, 5) is 15.9. The van der Waals surface area contributed by atoms with Crippen molar-refractivity contribution in [3.05, 3.63) is 50.3 Å². The van der Waals surface area contributed by atoms with E-state index >= 15 is 0 Å². The molecule has 118 valence electrons. The number of nitrogens with one attached hydrogen (secondary N) is 2. The lowest BCUT2D eigenvalue weighted by Gasteiger charge is -2.14. The van der Waals surface area contributed by atoms with E-state index < -0.39 is 11.7 Å². The molecule has 0 saturated heterocycles. The Kier molecular flexibility index (Phi) is 4.46. The van der Waals surface area contributed by atoms with Gasteiger partial charge in [-0.1, -0.05) is 0 Å². The van der Waals surface area contributed by atoms with Crippen molar-refractivity contribution in [3.8, 4) is 0 Å². The normalized spacial score (nSPS) is 10.8. The van der Waals surface area contributed by atoms with E-state index in [-0.39, 0.29) is 11.3 Å². The third kappa shape index (κ3) is 3.01. The van der Waals surface area contributed by atoms with Gasteiger partial charge in [0.05, 0.1) is 27.0 Å². The Morgan fingerprint density at radius 1 is 1.39 bits per heavy atom. The molecule has 0 spiro atoms. The van der Waals surface area contributed by atoms with E-state index in [1.807, 2.05) is 25.1 Å². The minimum atomic E-state index is -0.801. The number of anilines is 2. The zero-order valence-corrected chi connectivity index (χ0v) is 14.8. The maximum absolute atomic E-state index is 14.8. The quantitative estimate of drug-likeness (QED) is 0.322. The number of benzene rings is 2. The van der Waals surface area contributed by atoms with Crippen LogP contribution in [0.5, 0.6) is 0 Å². The molecule has 5 nitrogen and oxygen atoms in total. The molecule has 0 saturated carbocycles. The number of amides is 1. The number of carbonyl (C=O) groups excluding carboxylic acids is 1. The zero-order chi connectivity index (χ0) is 16.6. The second kappa shape index (κ2) is 6.38. The van der Waals surface area contributed by atoms with Gasteiger partial charge in [0, 0.05) is 9.26 Å². The average molecular weight is 443 g/mol. The Balaban J connectivity index is 2.17. The highest BCUT2D eigenvalue weighted by molar-refractivity contribution is 14.1. The fraction of sp³-hybridized carbons (Fsp3) is 0.0667. The molecular weight excluding hydrogens is 432 g/mol. The third-order valence-corrected chi connectivity index (χ3v) is 4.86. The van der Waals surface area contributed by atoms with Gasteiger partial charge in [-0.3, -0.25) is 10.0 Å². The Morgan fingerprint density at radius 2 is 2.17 bits per heavy atom. The summed E-state index contributed by atoms with van der Waals surface area (Å²) in [6.45, 7) is 1.89. The number of hydroxylamine groups is 1. The maximum atomic E-state index is 14.8. The fourth-order valence-corrected chi connectivity index (χ4v) is 3.58. The van der Waals surface area contributed by atoms with Crippen LogP contribution in [0.2, 0.25) is 0 Å². The lowest BCUT2D eigenvalue weighted by atomic mass is 10.1. The van der Waals surface area contributed by atoms with E-state index in [0.29, 0.717) is 15.9 Å². The summed E-state index contributed by atoms with van der Waals surface area (Å²) in [6.07, 6.45) is 0. The lowest BCUT2D eigenvalue weighted by Crippen LogP contribution is -2.20. The topological polar surface area (TPSA) is 74.2 Å². The first-order valence-electron chi connectivity index (χ1n) is 6.54. The van der Waals surface area contributed by atoms with Crippen LogP contribution in [0.25, 0.3) is 10.2 Å². The summed E-state index contributed by atoms with van der Waals surface area (Å²) < 4.78 is 16.2. The molecule has 3 N–H and O–H groups in total. The lowest BCUT2D eigenvalue weighted by molar-refractivity contribution is 0.0707. The van der Waals surface area contributed by atoms with Gasteiger partial charge >= 0.3 is 0 Å². The van der Waals surface area contributed by atoms with Crippen molar-refractivity contribution in [2.75, 3.05) is 5.32 Å². The van der Waals surface area contributed by atoms with E-state index in [4.69, 9.17) is 5.21 Å². The van der Waals surface area contributed by atoms with Crippen LogP contribution in [-0.2, 0) is 0 Å². The largest absolute Gasteiger partial charge is 0.352 e. The van der Waals surface area contributed by atoms with E-state index in [2.05, 4.69) is 32.9 Å². The van der Waals surface area contributed by atoms with Crippen LogP contribution in [0.3, 0.4) is 0 Å². The van der Waals surface area contributed by atoms with Crippen LogP contribution in [0.15, 0.2) is 29.8 Å². The molecule has 0 unspecified atom stereocenters. The number of fused-ring (bicyclic) bond motifs is 1. The standard InChI is InChI=1S/C15H11FIN3O2S/c1-7-4-8(17)2-3-10(7)19-13-9(15(21)20-22)5-11-14(12(13)16)23-6-18-11/h2-6,19,22H,1H3,(H,20,21). The Morgan fingerprint density at radius 3 is 2.87 bits per heavy atom. The molecule has 1 aromatic heterocycles. The summed E-state index contributed by atoms with van der Waals surface area (Å²) in [5.74, 6) is -1.37. The molecule has 8 heteroatoms. The first-order chi connectivity index (χ1) is 11.0. The minimum absolute atomic E-state index is 0.0117. The number of hydrogen-bond acceptors (Lipinski definition) is 5. The summed E-state index contributed by atoms with van der Waals surface area (Å²) in [6, 6.07) is 7.08. The number of aryl methyl sites for hydroxylation is 1. The summed E-state index contributed by atoms with van der Waals surface area (Å²) in [5.41, 5.74) is 5.02. The van der Waals surface area contributed by atoms with Crippen molar-refractivity contribution in [1.82, 2.24) is 10.5 Å². The van der Waals surface area contributed by atoms with Crippen molar-refractivity contribution < 1.29 is 14.4 Å². The molecule has 3 rings (SSSR count). The first-order valence-corrected chi connectivity index (χ1v) is 8.50. The molecule has 0 radical (unpaired) electrons. The van der Waals surface area contributed by atoms with Crippen molar-refractivity contribution in [2.45, 2.75) is 6.92 Å². The Labute approximate surface area is 148 Å². The SMILES string of the molecule is Cc1cc(I)ccc1Nc1c(C(=O)NO)cc2ncsc2c1F. The maximum Gasteiger partial charge on any atom is 0.276 e. The van der Waals surface area contributed by atoms with Gasteiger partial charge in [-0.05, 0) is 59.3 Å². The number of carbonyl (C=O) groups is 1. The van der Waals surface area contributed by atoms with Crippen LogP contribution in [-0.4, -0.2) is 16.1 Å². The molecule has 0 atom stereocenters. The van der Waals surface area contributed by atoms with E-state index in [1.54, 1.807) is 5.48 Å². The zero-order valence-electron chi connectivity index (χ0n) is 11.9. The second-order valence-electron chi connectivity index (χ2n) is 4.84. The van der Waals surface area contributed by atoms with E-state index in [0.717, 1.165) is 20.5 Å². The fourth-order valence-electron chi connectivity index (χ4n) is 2.23. The van der Waals surface area contributed by atoms with Crippen LogP contribution in [0.4, 0.5) is 15.8 Å². The summed E-state index contributed by atoms with van der Waals surface area (Å²) >= 11 is 3.34. The average Bonchev–Trinajstić information content (AvgIpc) is 3.00. The smallest absolute Gasteiger partial charge is 0.276 e. The number of thiazole rings is 1. The molecule has 0 aliphatic carbocycles. The van der Waals surface area contributed by atoms with Gasteiger partial charge in [0.2, 0.25) is 0 Å². The third-order valence-electron chi connectivity index (χ3n) is 3.36. The number of halogens is 2. The number of rotatable bonds is 3.